The Balaban J connectivity index is 0.000000241. The SMILES string of the molecule is O=C1CCC(=O)O1.O=CCCC(=O)O. The Kier molecular flexibility index (Phi) is 5.93. The number of carbonyl (C=O) groups excluding carboxylic acids is 3. The van der Waals surface area contributed by atoms with Crippen LogP contribution >= 0.6 is 0 Å². The number of aliphatic carboxylic acids is 1. The van der Waals surface area contributed by atoms with E-state index in [0.717, 1.165) is 0 Å². The largest absolute Gasteiger partial charge is 0.481 e. The van der Waals surface area contributed by atoms with Gasteiger partial charge >= 0.3 is 17.9 Å². The maximum absolute atomic E-state index is 10.0. The summed E-state index contributed by atoms with van der Waals surface area (Å²) >= 11 is 0. The molecule has 0 spiro atoms. The van der Waals surface area contributed by atoms with Crippen molar-refractivity contribution in [2.75, 3.05) is 0 Å². The molecule has 1 fully saturated rings. The van der Waals surface area contributed by atoms with Gasteiger partial charge in [0.25, 0.3) is 0 Å². The first-order chi connectivity index (χ1) is 6.56. The predicted octanol–water partition coefficient (Wildman–Crippen LogP) is -0.0999. The van der Waals surface area contributed by atoms with E-state index in [1.807, 2.05) is 0 Å². The van der Waals surface area contributed by atoms with Gasteiger partial charge in [-0.3, -0.25) is 14.4 Å². The molecule has 0 aromatic heterocycles. The molecule has 1 aliphatic heterocycles. The van der Waals surface area contributed by atoms with Crippen LogP contribution in [0.15, 0.2) is 0 Å². The van der Waals surface area contributed by atoms with Crippen LogP contribution in [0.4, 0.5) is 0 Å². The second kappa shape index (κ2) is 6.76. The summed E-state index contributed by atoms with van der Waals surface area (Å²) in [7, 11) is 0. The lowest BCUT2D eigenvalue weighted by Crippen LogP contribution is -1.94. The van der Waals surface area contributed by atoms with Gasteiger partial charge in [-0.1, -0.05) is 0 Å². The molecule has 1 N–H and O–H groups in total. The molecule has 0 unspecified atom stereocenters. The number of esters is 2. The molecular formula is C8H10O6. The summed E-state index contributed by atoms with van der Waals surface area (Å²) in [5.74, 6) is -1.72. The normalized spacial score (nSPS) is 14.0. The first-order valence-corrected chi connectivity index (χ1v) is 3.95. The van der Waals surface area contributed by atoms with E-state index < -0.39 is 17.9 Å². The molecule has 1 rings (SSSR count). The van der Waals surface area contributed by atoms with Crippen molar-refractivity contribution in [3.05, 3.63) is 0 Å². The molecule has 78 valence electrons. The minimum Gasteiger partial charge on any atom is -0.481 e. The van der Waals surface area contributed by atoms with Crippen LogP contribution in [0.1, 0.15) is 25.7 Å². The zero-order valence-electron chi connectivity index (χ0n) is 7.39. The van der Waals surface area contributed by atoms with E-state index in [-0.39, 0.29) is 25.7 Å². The number of hydrogen-bond donors (Lipinski definition) is 1. The minimum absolute atomic E-state index is 0.0521. The molecule has 0 radical (unpaired) electrons. The monoisotopic (exact) mass is 202 g/mol. The highest BCUT2D eigenvalue weighted by Gasteiger charge is 2.19. The fourth-order valence-electron chi connectivity index (χ4n) is 0.616. The summed E-state index contributed by atoms with van der Waals surface area (Å²) in [5, 5.41) is 7.89. The molecule has 0 bridgehead atoms. The number of aldehydes is 1. The van der Waals surface area contributed by atoms with Gasteiger partial charge in [0.1, 0.15) is 6.29 Å². The summed E-state index contributed by atoms with van der Waals surface area (Å²) in [6.07, 6.45) is 1.19. The van der Waals surface area contributed by atoms with E-state index in [0.29, 0.717) is 6.29 Å². The fourth-order valence-corrected chi connectivity index (χ4v) is 0.616. The molecule has 0 aliphatic carbocycles. The summed E-state index contributed by atoms with van der Waals surface area (Å²) < 4.78 is 4.08. The maximum atomic E-state index is 10.0. The third-order valence-corrected chi connectivity index (χ3v) is 1.24. The van der Waals surface area contributed by atoms with E-state index in [2.05, 4.69) is 4.74 Å². The van der Waals surface area contributed by atoms with Crippen molar-refractivity contribution in [3.63, 3.8) is 0 Å². The zero-order valence-corrected chi connectivity index (χ0v) is 7.39. The Labute approximate surface area is 79.8 Å². The summed E-state index contributed by atoms with van der Waals surface area (Å²) in [6, 6.07) is 0. The van der Waals surface area contributed by atoms with Crippen LogP contribution in [0.5, 0.6) is 0 Å². The average molecular weight is 202 g/mol. The third-order valence-electron chi connectivity index (χ3n) is 1.24. The average Bonchev–Trinajstić information content (AvgIpc) is 2.47. The van der Waals surface area contributed by atoms with Crippen molar-refractivity contribution in [1.29, 1.82) is 0 Å². The molecule has 6 nitrogen and oxygen atoms in total. The van der Waals surface area contributed by atoms with Crippen molar-refractivity contribution >= 4 is 24.2 Å². The number of ether oxygens (including phenoxy) is 1. The Morgan fingerprint density at radius 1 is 1.36 bits per heavy atom. The third kappa shape index (κ3) is 6.96. The van der Waals surface area contributed by atoms with Crippen molar-refractivity contribution in [3.8, 4) is 0 Å². The number of cyclic esters (lactones) is 2. The zero-order chi connectivity index (χ0) is 11.0. The van der Waals surface area contributed by atoms with Gasteiger partial charge < -0.3 is 14.6 Å². The molecule has 0 amide bonds. The van der Waals surface area contributed by atoms with E-state index in [1.165, 1.54) is 0 Å². The lowest BCUT2D eigenvalue weighted by Gasteiger charge is -1.79. The van der Waals surface area contributed by atoms with Crippen molar-refractivity contribution in [2.24, 2.45) is 0 Å². The quantitative estimate of drug-likeness (QED) is 0.390. The van der Waals surface area contributed by atoms with Crippen LogP contribution in [-0.4, -0.2) is 29.3 Å². The van der Waals surface area contributed by atoms with E-state index >= 15 is 0 Å². The van der Waals surface area contributed by atoms with Gasteiger partial charge in [-0.25, -0.2) is 0 Å². The first-order valence-electron chi connectivity index (χ1n) is 3.95. The number of carboxylic acids is 1. The van der Waals surface area contributed by atoms with Crippen LogP contribution < -0.4 is 0 Å². The topological polar surface area (TPSA) is 97.7 Å². The molecular weight excluding hydrogens is 192 g/mol. The molecule has 0 saturated carbocycles. The minimum atomic E-state index is -0.924. The molecule has 0 aromatic carbocycles. The summed E-state index contributed by atoms with van der Waals surface area (Å²) in [4.78, 5) is 39.1. The second-order valence-corrected chi connectivity index (χ2v) is 2.45. The van der Waals surface area contributed by atoms with Crippen LogP contribution in [0.3, 0.4) is 0 Å². The summed E-state index contributed by atoms with van der Waals surface area (Å²) in [6.45, 7) is 0. The lowest BCUT2D eigenvalue weighted by atomic mass is 10.3. The highest BCUT2D eigenvalue weighted by atomic mass is 16.6. The lowest BCUT2D eigenvalue weighted by molar-refractivity contribution is -0.152. The highest BCUT2D eigenvalue weighted by molar-refractivity contribution is 5.92. The Bertz CT molecular complexity index is 230. The Morgan fingerprint density at radius 3 is 2.00 bits per heavy atom. The van der Waals surface area contributed by atoms with Crippen molar-refractivity contribution in [2.45, 2.75) is 25.7 Å². The molecule has 1 heterocycles. The van der Waals surface area contributed by atoms with Crippen LogP contribution in [0, 0.1) is 0 Å². The van der Waals surface area contributed by atoms with Crippen LogP contribution in [0.25, 0.3) is 0 Å². The van der Waals surface area contributed by atoms with Gasteiger partial charge in [0.2, 0.25) is 0 Å². The molecule has 0 aromatic rings. The molecule has 14 heavy (non-hydrogen) atoms. The number of carboxylic acid groups (broad SMARTS) is 1. The van der Waals surface area contributed by atoms with Gasteiger partial charge in [-0.15, -0.1) is 0 Å². The number of carbonyl (C=O) groups is 4. The standard InChI is InChI=1S/C4H4O3.C4H6O3/c5-3-1-2-4(6)7-3;5-3-1-2-4(6)7/h1-2H2;3H,1-2H2,(H,6,7). The molecule has 0 atom stereocenters. The second-order valence-electron chi connectivity index (χ2n) is 2.45. The Hall–Kier alpha value is -1.72. The van der Waals surface area contributed by atoms with Gasteiger partial charge in [-0.2, -0.15) is 0 Å². The van der Waals surface area contributed by atoms with Crippen LogP contribution in [0.2, 0.25) is 0 Å². The van der Waals surface area contributed by atoms with Crippen molar-refractivity contribution < 1.29 is 29.0 Å². The fraction of sp³-hybridized carbons (Fsp3) is 0.500. The van der Waals surface area contributed by atoms with E-state index in [1.54, 1.807) is 0 Å². The first kappa shape index (κ1) is 12.3. The number of hydrogen-bond acceptors (Lipinski definition) is 5. The van der Waals surface area contributed by atoms with Crippen molar-refractivity contribution in [1.82, 2.24) is 0 Å². The maximum Gasteiger partial charge on any atom is 0.314 e. The molecule has 1 aliphatic rings. The van der Waals surface area contributed by atoms with E-state index in [9.17, 15) is 19.2 Å². The number of rotatable bonds is 3. The predicted molar refractivity (Wildman–Crippen MR) is 43.3 cm³/mol. The van der Waals surface area contributed by atoms with Crippen LogP contribution in [-0.2, 0) is 23.9 Å². The Morgan fingerprint density at radius 2 is 1.86 bits per heavy atom. The van der Waals surface area contributed by atoms with Gasteiger partial charge in [-0.05, 0) is 0 Å². The van der Waals surface area contributed by atoms with Gasteiger partial charge in [0.15, 0.2) is 0 Å². The molecule has 6 heteroatoms. The van der Waals surface area contributed by atoms with Gasteiger partial charge in [0, 0.05) is 6.42 Å². The molecule has 1 saturated heterocycles. The van der Waals surface area contributed by atoms with E-state index in [4.69, 9.17) is 5.11 Å². The van der Waals surface area contributed by atoms with Gasteiger partial charge in [0.05, 0.1) is 19.3 Å². The highest BCUT2D eigenvalue weighted by Crippen LogP contribution is 2.03. The summed E-state index contributed by atoms with van der Waals surface area (Å²) in [5.41, 5.74) is 0. The smallest absolute Gasteiger partial charge is 0.314 e.